The lowest BCUT2D eigenvalue weighted by Gasteiger charge is -2.26. The molecule has 224 valence electrons. The first kappa shape index (κ1) is 33.0. The first-order chi connectivity index (χ1) is 19.1. The van der Waals surface area contributed by atoms with Crippen molar-refractivity contribution in [2.45, 2.75) is 65.3 Å². The third kappa shape index (κ3) is 10.4. The van der Waals surface area contributed by atoms with Crippen molar-refractivity contribution < 1.29 is 51.0 Å². The van der Waals surface area contributed by atoms with Crippen LogP contribution >= 0.6 is 0 Å². The van der Waals surface area contributed by atoms with Gasteiger partial charge in [0.15, 0.2) is 23.2 Å². The highest BCUT2D eigenvalue weighted by Gasteiger charge is 2.32. The summed E-state index contributed by atoms with van der Waals surface area (Å²) in [7, 11) is 0. The Morgan fingerprint density at radius 2 is 1.49 bits per heavy atom. The van der Waals surface area contributed by atoms with Crippen molar-refractivity contribution in [2.24, 2.45) is 5.92 Å². The number of amides is 2. The van der Waals surface area contributed by atoms with E-state index in [9.17, 15) is 36.7 Å². The molecule has 0 saturated carbocycles. The summed E-state index contributed by atoms with van der Waals surface area (Å²) in [4.78, 5) is 50.8. The molecule has 9 nitrogen and oxygen atoms in total. The molecule has 2 atom stereocenters. The Balaban J connectivity index is 2.17. The Hall–Kier alpha value is -4.16. The maximum atomic E-state index is 14.0. The minimum absolute atomic E-state index is 0.0329. The van der Waals surface area contributed by atoms with Gasteiger partial charge in [0.25, 0.3) is 0 Å². The van der Waals surface area contributed by atoms with Crippen molar-refractivity contribution >= 4 is 23.8 Å². The summed E-state index contributed by atoms with van der Waals surface area (Å²) in [6.07, 6.45) is -1.66. The Kier molecular flexibility index (Phi) is 11.7. The van der Waals surface area contributed by atoms with E-state index < -0.39 is 89.4 Å². The van der Waals surface area contributed by atoms with Crippen molar-refractivity contribution in [3.8, 4) is 5.75 Å². The van der Waals surface area contributed by atoms with Crippen LogP contribution in [-0.4, -0.2) is 48.0 Å². The number of hydrogen-bond acceptors (Lipinski definition) is 7. The Morgan fingerprint density at radius 3 is 2.02 bits per heavy atom. The van der Waals surface area contributed by atoms with Gasteiger partial charge in [-0.1, -0.05) is 44.2 Å². The van der Waals surface area contributed by atoms with E-state index in [0.717, 1.165) is 0 Å². The summed E-state index contributed by atoms with van der Waals surface area (Å²) >= 11 is 0. The van der Waals surface area contributed by atoms with Crippen molar-refractivity contribution in [3.05, 3.63) is 65.2 Å². The number of rotatable bonds is 12. The van der Waals surface area contributed by atoms with Crippen LogP contribution in [0, 0.1) is 29.2 Å². The lowest BCUT2D eigenvalue weighted by molar-refractivity contribution is -0.156. The van der Waals surface area contributed by atoms with Gasteiger partial charge in [-0.3, -0.25) is 14.4 Å². The number of carbonyl (C=O) groups is 4. The van der Waals surface area contributed by atoms with E-state index in [1.807, 2.05) is 0 Å². The summed E-state index contributed by atoms with van der Waals surface area (Å²) in [6.45, 7) is 6.63. The average Bonchev–Trinajstić information content (AvgIpc) is 2.88. The van der Waals surface area contributed by atoms with Gasteiger partial charge in [0.05, 0.1) is 6.42 Å². The van der Waals surface area contributed by atoms with Crippen molar-refractivity contribution in [3.63, 3.8) is 0 Å². The second-order valence-corrected chi connectivity index (χ2v) is 10.3. The zero-order valence-electron chi connectivity index (χ0n) is 23.2. The fourth-order valence-electron chi connectivity index (χ4n) is 3.41. The molecule has 0 heterocycles. The molecule has 0 spiro atoms. The second-order valence-electron chi connectivity index (χ2n) is 10.3. The van der Waals surface area contributed by atoms with E-state index in [1.54, 1.807) is 65.0 Å². The minimum atomic E-state index is -1.87. The number of halogens is 4. The predicted octanol–water partition coefficient (Wildman–Crippen LogP) is 4.36. The van der Waals surface area contributed by atoms with Gasteiger partial charge >= 0.3 is 12.1 Å². The summed E-state index contributed by atoms with van der Waals surface area (Å²) in [5.41, 5.74) is -0.261. The third-order valence-corrected chi connectivity index (χ3v) is 5.36. The maximum Gasteiger partial charge on any atom is 0.408 e. The Bertz CT molecular complexity index is 1220. The fraction of sp³-hybridized carbons (Fsp3) is 0.429. The molecule has 0 aliphatic rings. The molecule has 0 bridgehead atoms. The molecule has 0 aromatic heterocycles. The smallest absolute Gasteiger partial charge is 0.408 e. The number of benzene rings is 2. The first-order valence-electron chi connectivity index (χ1n) is 12.6. The van der Waals surface area contributed by atoms with Crippen LogP contribution in [-0.2, 0) is 30.5 Å². The normalized spacial score (nSPS) is 12.7. The van der Waals surface area contributed by atoms with E-state index in [-0.39, 0.29) is 12.7 Å². The van der Waals surface area contributed by atoms with Crippen molar-refractivity contribution in [2.75, 3.05) is 6.61 Å². The predicted molar refractivity (Wildman–Crippen MR) is 138 cm³/mol. The molecule has 2 aromatic rings. The topological polar surface area (TPSA) is 120 Å². The van der Waals surface area contributed by atoms with Crippen LogP contribution in [0.15, 0.2) is 36.4 Å². The van der Waals surface area contributed by atoms with E-state index in [2.05, 4.69) is 10.6 Å². The first-order valence-corrected chi connectivity index (χ1v) is 12.6. The standard InChI is InChI=1S/C28H32F4N2O7/c1-15(2)24(34-27(38)40-13-16-9-7-6-8-10-16)26(37)33-19(12-21(36)41-28(3,4)5)20(35)14-39-25-22(31)17(29)11-18(30)23(25)32/h6-11,15,19,24H,12-14H2,1-5H3,(H,33,37)(H,34,38)/t19?,24-/m0/s1. The van der Waals surface area contributed by atoms with Crippen LogP contribution in [0.4, 0.5) is 22.4 Å². The molecule has 41 heavy (non-hydrogen) atoms. The SMILES string of the molecule is CC(C)[C@H](NC(=O)OCc1ccccc1)C(=O)NC(CC(=O)OC(C)(C)C)C(=O)COc1c(F)c(F)cc(F)c1F. The molecule has 0 fully saturated rings. The quantitative estimate of drug-likeness (QED) is 0.216. The summed E-state index contributed by atoms with van der Waals surface area (Å²) in [5.74, 6) is -12.2. The highest BCUT2D eigenvalue weighted by Crippen LogP contribution is 2.26. The van der Waals surface area contributed by atoms with Gasteiger partial charge in [-0.25, -0.2) is 13.6 Å². The third-order valence-electron chi connectivity index (χ3n) is 5.36. The van der Waals surface area contributed by atoms with Crippen molar-refractivity contribution in [1.82, 2.24) is 10.6 Å². The molecule has 0 aliphatic heterocycles. The van der Waals surface area contributed by atoms with Crippen LogP contribution in [0.5, 0.6) is 5.75 Å². The summed E-state index contributed by atoms with van der Waals surface area (Å²) in [6, 6.07) is 5.81. The minimum Gasteiger partial charge on any atom is -0.479 e. The maximum absolute atomic E-state index is 14.0. The molecular formula is C28H32F4N2O7. The molecule has 2 aromatic carbocycles. The largest absolute Gasteiger partial charge is 0.479 e. The van der Waals surface area contributed by atoms with Gasteiger partial charge in [0, 0.05) is 6.07 Å². The number of carbonyl (C=O) groups excluding carboxylic acids is 4. The van der Waals surface area contributed by atoms with Crippen LogP contribution < -0.4 is 15.4 Å². The fourth-order valence-corrected chi connectivity index (χ4v) is 3.41. The zero-order valence-corrected chi connectivity index (χ0v) is 23.2. The monoisotopic (exact) mass is 584 g/mol. The molecular weight excluding hydrogens is 552 g/mol. The number of alkyl carbamates (subject to hydrolysis) is 1. The molecule has 1 unspecified atom stereocenters. The van der Waals surface area contributed by atoms with E-state index in [0.29, 0.717) is 5.56 Å². The molecule has 13 heteroatoms. The van der Waals surface area contributed by atoms with Crippen LogP contribution in [0.3, 0.4) is 0 Å². The van der Waals surface area contributed by atoms with Gasteiger partial charge in [-0.2, -0.15) is 8.78 Å². The average molecular weight is 585 g/mol. The van der Waals surface area contributed by atoms with Crippen molar-refractivity contribution in [1.29, 1.82) is 0 Å². The van der Waals surface area contributed by atoms with Crippen LogP contribution in [0.1, 0.15) is 46.6 Å². The van der Waals surface area contributed by atoms with Gasteiger partial charge in [0.2, 0.25) is 17.5 Å². The zero-order chi connectivity index (χ0) is 30.9. The lowest BCUT2D eigenvalue weighted by Crippen LogP contribution is -2.54. The van der Waals surface area contributed by atoms with Gasteiger partial charge in [0.1, 0.15) is 30.9 Å². The second kappa shape index (κ2) is 14.5. The number of esters is 1. The van der Waals surface area contributed by atoms with E-state index in [4.69, 9.17) is 14.2 Å². The summed E-state index contributed by atoms with van der Waals surface area (Å²) < 4.78 is 70.0. The molecule has 0 aliphatic carbocycles. The number of ether oxygens (including phenoxy) is 3. The summed E-state index contributed by atoms with van der Waals surface area (Å²) in [5, 5.41) is 4.70. The Labute approximate surface area is 234 Å². The van der Waals surface area contributed by atoms with E-state index >= 15 is 0 Å². The van der Waals surface area contributed by atoms with Crippen LogP contribution in [0.25, 0.3) is 0 Å². The Morgan fingerprint density at radius 1 is 0.902 bits per heavy atom. The van der Waals surface area contributed by atoms with Gasteiger partial charge < -0.3 is 24.8 Å². The number of ketones is 1. The lowest BCUT2D eigenvalue weighted by atomic mass is 10.0. The van der Waals surface area contributed by atoms with Crippen LogP contribution in [0.2, 0.25) is 0 Å². The highest BCUT2D eigenvalue weighted by atomic mass is 19.2. The molecule has 0 saturated heterocycles. The number of Topliss-reactive ketones (excluding diaryl/α,β-unsaturated/α-hetero) is 1. The number of nitrogens with one attached hydrogen (secondary N) is 2. The van der Waals surface area contributed by atoms with Gasteiger partial charge in [-0.05, 0) is 32.3 Å². The van der Waals surface area contributed by atoms with Gasteiger partial charge in [-0.15, -0.1) is 0 Å². The molecule has 2 N–H and O–H groups in total. The molecule has 2 rings (SSSR count). The molecule has 0 radical (unpaired) electrons. The number of hydrogen-bond donors (Lipinski definition) is 2. The highest BCUT2D eigenvalue weighted by molar-refractivity contribution is 5.95. The van der Waals surface area contributed by atoms with E-state index in [1.165, 1.54) is 0 Å². The molecule has 2 amide bonds.